The molecule has 1 saturated carbocycles. The average molecular weight is 169 g/mol. The normalized spacial score (nSPS) is 28.4. The molecule has 1 amide bonds. The van der Waals surface area contributed by atoms with Crippen LogP contribution >= 0.6 is 0 Å². The Labute approximate surface area is 72.5 Å². The molecule has 3 heteroatoms. The third-order valence-electron chi connectivity index (χ3n) is 2.34. The maximum Gasteiger partial charge on any atom is 0.243 e. The first-order valence-corrected chi connectivity index (χ1v) is 4.32. The summed E-state index contributed by atoms with van der Waals surface area (Å²) in [5, 5.41) is 12.1. The molecule has 1 aliphatic rings. The number of rotatable bonds is 3. The number of aliphatic hydroxyl groups excluding tert-OH is 1. The van der Waals surface area contributed by atoms with E-state index in [2.05, 4.69) is 11.9 Å². The zero-order valence-corrected chi connectivity index (χ0v) is 7.12. The largest absolute Gasteiger partial charge is 0.393 e. The highest BCUT2D eigenvalue weighted by atomic mass is 16.3. The van der Waals surface area contributed by atoms with Crippen LogP contribution in [-0.2, 0) is 4.79 Å². The van der Waals surface area contributed by atoms with Gasteiger partial charge in [-0.25, -0.2) is 0 Å². The maximum absolute atomic E-state index is 10.8. The van der Waals surface area contributed by atoms with Crippen LogP contribution in [0.4, 0.5) is 0 Å². The molecular weight excluding hydrogens is 154 g/mol. The summed E-state index contributed by atoms with van der Waals surface area (Å²) in [5.74, 6) is 0.0861. The molecule has 0 heterocycles. The third kappa shape index (κ3) is 2.34. The van der Waals surface area contributed by atoms with Gasteiger partial charge in [-0.05, 0) is 18.9 Å². The van der Waals surface area contributed by atoms with E-state index >= 15 is 0 Å². The Balaban J connectivity index is 2.22. The molecule has 0 aromatic heterocycles. The summed E-state index contributed by atoms with van der Waals surface area (Å²) in [6.45, 7) is 3.93. The Morgan fingerprint density at radius 3 is 2.92 bits per heavy atom. The lowest BCUT2D eigenvalue weighted by atomic mass is 10.1. The van der Waals surface area contributed by atoms with Gasteiger partial charge >= 0.3 is 0 Å². The maximum atomic E-state index is 10.8. The fourth-order valence-electron chi connectivity index (χ4n) is 1.56. The third-order valence-corrected chi connectivity index (χ3v) is 2.34. The smallest absolute Gasteiger partial charge is 0.243 e. The summed E-state index contributed by atoms with van der Waals surface area (Å²) in [5.41, 5.74) is 0. The van der Waals surface area contributed by atoms with Gasteiger partial charge in [-0.2, -0.15) is 0 Å². The minimum atomic E-state index is -0.227. The minimum Gasteiger partial charge on any atom is -0.393 e. The van der Waals surface area contributed by atoms with Crippen molar-refractivity contribution in [3.05, 3.63) is 12.7 Å². The Kier molecular flexibility index (Phi) is 3.29. The molecule has 12 heavy (non-hydrogen) atoms. The number of hydrogen-bond acceptors (Lipinski definition) is 2. The monoisotopic (exact) mass is 169 g/mol. The summed E-state index contributed by atoms with van der Waals surface area (Å²) < 4.78 is 0. The lowest BCUT2D eigenvalue weighted by molar-refractivity contribution is -0.116. The van der Waals surface area contributed by atoms with Crippen molar-refractivity contribution >= 4 is 5.91 Å². The van der Waals surface area contributed by atoms with Crippen LogP contribution in [0, 0.1) is 5.92 Å². The van der Waals surface area contributed by atoms with Gasteiger partial charge in [0.05, 0.1) is 6.10 Å². The van der Waals surface area contributed by atoms with Gasteiger partial charge in [-0.15, -0.1) is 0 Å². The number of nitrogens with one attached hydrogen (secondary N) is 1. The molecule has 2 atom stereocenters. The molecule has 1 aliphatic carbocycles. The molecule has 68 valence electrons. The predicted octanol–water partition coefficient (Wildman–Crippen LogP) is 0.450. The SMILES string of the molecule is C=CC(=O)NCC1CCCC1O. The Morgan fingerprint density at radius 1 is 1.67 bits per heavy atom. The fraction of sp³-hybridized carbons (Fsp3) is 0.667. The van der Waals surface area contributed by atoms with Crippen molar-refractivity contribution in [2.24, 2.45) is 5.92 Å². The number of carbonyl (C=O) groups is 1. The van der Waals surface area contributed by atoms with Gasteiger partial charge < -0.3 is 10.4 Å². The average Bonchev–Trinajstić information content (AvgIpc) is 2.47. The van der Waals surface area contributed by atoms with Gasteiger partial charge in [0, 0.05) is 12.5 Å². The predicted molar refractivity (Wildman–Crippen MR) is 46.6 cm³/mol. The first kappa shape index (κ1) is 9.26. The minimum absolute atomic E-state index is 0.158. The van der Waals surface area contributed by atoms with Crippen LogP contribution < -0.4 is 5.32 Å². The van der Waals surface area contributed by atoms with Gasteiger partial charge in [0.1, 0.15) is 0 Å². The number of carbonyl (C=O) groups excluding carboxylic acids is 1. The highest BCUT2D eigenvalue weighted by molar-refractivity contribution is 5.86. The highest BCUT2D eigenvalue weighted by Gasteiger charge is 2.24. The Bertz CT molecular complexity index is 179. The summed E-state index contributed by atoms with van der Waals surface area (Å²) in [7, 11) is 0. The Hall–Kier alpha value is -0.830. The molecule has 1 rings (SSSR count). The summed E-state index contributed by atoms with van der Waals surface area (Å²) in [4.78, 5) is 10.8. The van der Waals surface area contributed by atoms with Crippen molar-refractivity contribution in [2.45, 2.75) is 25.4 Å². The van der Waals surface area contributed by atoms with Crippen LogP contribution in [-0.4, -0.2) is 23.7 Å². The molecule has 0 aliphatic heterocycles. The van der Waals surface area contributed by atoms with Gasteiger partial charge in [-0.1, -0.05) is 13.0 Å². The van der Waals surface area contributed by atoms with E-state index in [0.29, 0.717) is 6.54 Å². The van der Waals surface area contributed by atoms with E-state index in [4.69, 9.17) is 0 Å². The quantitative estimate of drug-likeness (QED) is 0.603. The molecule has 1 fully saturated rings. The molecule has 0 aromatic carbocycles. The molecule has 2 N–H and O–H groups in total. The summed E-state index contributed by atoms with van der Waals surface area (Å²) >= 11 is 0. The van der Waals surface area contributed by atoms with Crippen LogP contribution in [0.15, 0.2) is 12.7 Å². The zero-order valence-electron chi connectivity index (χ0n) is 7.12. The van der Waals surface area contributed by atoms with E-state index in [-0.39, 0.29) is 17.9 Å². The molecule has 0 spiro atoms. The summed E-state index contributed by atoms with van der Waals surface area (Å²) in [6, 6.07) is 0. The van der Waals surface area contributed by atoms with E-state index in [1.54, 1.807) is 0 Å². The number of hydrogen-bond donors (Lipinski definition) is 2. The zero-order chi connectivity index (χ0) is 8.97. The van der Waals surface area contributed by atoms with E-state index in [0.717, 1.165) is 19.3 Å². The second kappa shape index (κ2) is 4.26. The molecule has 3 nitrogen and oxygen atoms in total. The van der Waals surface area contributed by atoms with E-state index in [1.165, 1.54) is 6.08 Å². The second-order valence-corrected chi connectivity index (χ2v) is 3.21. The first-order valence-electron chi connectivity index (χ1n) is 4.32. The van der Waals surface area contributed by atoms with Crippen molar-refractivity contribution in [3.63, 3.8) is 0 Å². The van der Waals surface area contributed by atoms with Crippen LogP contribution in [0.3, 0.4) is 0 Å². The van der Waals surface area contributed by atoms with Gasteiger partial charge in [0.2, 0.25) is 5.91 Å². The molecule has 0 aromatic rings. The topological polar surface area (TPSA) is 49.3 Å². The number of amides is 1. The molecule has 0 saturated heterocycles. The summed E-state index contributed by atoms with van der Waals surface area (Å²) in [6.07, 6.45) is 3.97. The lowest BCUT2D eigenvalue weighted by Gasteiger charge is -2.13. The van der Waals surface area contributed by atoms with Gasteiger partial charge in [0.25, 0.3) is 0 Å². The molecule has 0 bridgehead atoms. The van der Waals surface area contributed by atoms with Crippen molar-refractivity contribution in [3.8, 4) is 0 Å². The van der Waals surface area contributed by atoms with Crippen molar-refractivity contribution < 1.29 is 9.90 Å². The van der Waals surface area contributed by atoms with Crippen LogP contribution in [0.1, 0.15) is 19.3 Å². The lowest BCUT2D eigenvalue weighted by Crippen LogP contribution is -2.31. The van der Waals surface area contributed by atoms with Crippen molar-refractivity contribution in [2.75, 3.05) is 6.54 Å². The van der Waals surface area contributed by atoms with Crippen LogP contribution in [0.25, 0.3) is 0 Å². The molecule has 2 unspecified atom stereocenters. The Morgan fingerprint density at radius 2 is 2.42 bits per heavy atom. The fourth-order valence-corrected chi connectivity index (χ4v) is 1.56. The van der Waals surface area contributed by atoms with Crippen LogP contribution in [0.5, 0.6) is 0 Å². The van der Waals surface area contributed by atoms with Gasteiger partial charge in [-0.3, -0.25) is 4.79 Å². The van der Waals surface area contributed by atoms with Crippen LogP contribution in [0.2, 0.25) is 0 Å². The first-order chi connectivity index (χ1) is 5.74. The van der Waals surface area contributed by atoms with E-state index < -0.39 is 0 Å². The van der Waals surface area contributed by atoms with E-state index in [1.807, 2.05) is 0 Å². The van der Waals surface area contributed by atoms with Crippen molar-refractivity contribution in [1.29, 1.82) is 0 Å². The van der Waals surface area contributed by atoms with Gasteiger partial charge in [0.15, 0.2) is 0 Å². The standard InChI is InChI=1S/C9H15NO2/c1-2-9(12)10-6-7-4-3-5-8(7)11/h2,7-8,11H,1,3-6H2,(H,10,12). The van der Waals surface area contributed by atoms with E-state index in [9.17, 15) is 9.90 Å². The number of aliphatic hydroxyl groups is 1. The van der Waals surface area contributed by atoms with Crippen molar-refractivity contribution in [1.82, 2.24) is 5.32 Å². The molecular formula is C9H15NO2. The highest BCUT2D eigenvalue weighted by Crippen LogP contribution is 2.24. The molecule has 0 radical (unpaired) electrons. The second-order valence-electron chi connectivity index (χ2n) is 3.21.